The second kappa shape index (κ2) is 3.26. The quantitative estimate of drug-likeness (QED) is 0.737. The molecule has 2 rings (SSSR count). The first-order chi connectivity index (χ1) is 6.66. The van der Waals surface area contributed by atoms with Crippen LogP contribution in [-0.2, 0) is 14.1 Å². The Morgan fingerprint density at radius 2 is 2.14 bits per heavy atom. The number of nitrogens with zero attached hydrogens (tertiary/aromatic N) is 4. The molecule has 2 aromatic rings. The van der Waals surface area contributed by atoms with Crippen LogP contribution in [0.25, 0.3) is 0 Å². The number of nitrogens with two attached hydrogens (primary N) is 1. The molecule has 0 aliphatic heterocycles. The van der Waals surface area contributed by atoms with E-state index in [1.54, 1.807) is 17.2 Å². The lowest BCUT2D eigenvalue weighted by Crippen LogP contribution is -2.11. The van der Waals surface area contributed by atoms with Crippen LogP contribution in [-0.4, -0.2) is 19.3 Å². The lowest BCUT2D eigenvalue weighted by atomic mass is 10.1. The zero-order valence-corrected chi connectivity index (χ0v) is 8.25. The third kappa shape index (κ3) is 1.54. The number of aromatic nitrogens is 4. The molecule has 1 unspecified atom stereocenters. The summed E-state index contributed by atoms with van der Waals surface area (Å²) in [6.45, 7) is 0. The van der Waals surface area contributed by atoms with E-state index in [-0.39, 0.29) is 6.04 Å². The molecule has 5 nitrogen and oxygen atoms in total. The number of hydrogen-bond donors (Lipinski definition) is 1. The number of aryl methyl sites for hydroxylation is 2. The van der Waals surface area contributed by atoms with Crippen molar-refractivity contribution in [1.82, 2.24) is 19.3 Å². The lowest BCUT2D eigenvalue weighted by molar-refractivity contribution is 0.764. The van der Waals surface area contributed by atoms with Gasteiger partial charge >= 0.3 is 0 Å². The summed E-state index contributed by atoms with van der Waals surface area (Å²) in [5.41, 5.74) is 7.85. The van der Waals surface area contributed by atoms with Crippen molar-refractivity contribution in [2.75, 3.05) is 0 Å². The Labute approximate surface area is 82.2 Å². The van der Waals surface area contributed by atoms with Crippen LogP contribution in [0, 0.1) is 0 Å². The predicted octanol–water partition coefficient (Wildman–Crippen LogP) is 0.202. The van der Waals surface area contributed by atoms with Gasteiger partial charge in [0.2, 0.25) is 0 Å². The normalized spacial score (nSPS) is 13.1. The van der Waals surface area contributed by atoms with Crippen molar-refractivity contribution in [2.24, 2.45) is 19.8 Å². The fourth-order valence-electron chi connectivity index (χ4n) is 1.37. The van der Waals surface area contributed by atoms with Crippen molar-refractivity contribution in [3.63, 3.8) is 0 Å². The van der Waals surface area contributed by atoms with Crippen LogP contribution in [0.2, 0.25) is 0 Å². The van der Waals surface area contributed by atoms with Crippen molar-refractivity contribution in [3.8, 4) is 0 Å². The first kappa shape index (κ1) is 8.96. The summed E-state index contributed by atoms with van der Waals surface area (Å²) in [7, 11) is 3.79. The van der Waals surface area contributed by atoms with E-state index in [1.165, 1.54) is 0 Å². The molecule has 2 N–H and O–H groups in total. The van der Waals surface area contributed by atoms with E-state index in [9.17, 15) is 0 Å². The average Bonchev–Trinajstić information content (AvgIpc) is 2.73. The summed E-state index contributed by atoms with van der Waals surface area (Å²) < 4.78 is 3.61. The Morgan fingerprint density at radius 3 is 2.64 bits per heavy atom. The molecular weight excluding hydrogens is 178 g/mol. The van der Waals surface area contributed by atoms with Crippen molar-refractivity contribution < 1.29 is 0 Å². The van der Waals surface area contributed by atoms with E-state index in [0.717, 1.165) is 11.3 Å². The lowest BCUT2D eigenvalue weighted by Gasteiger charge is -2.04. The van der Waals surface area contributed by atoms with Gasteiger partial charge in [-0.2, -0.15) is 5.10 Å². The summed E-state index contributed by atoms with van der Waals surface area (Å²) >= 11 is 0. The van der Waals surface area contributed by atoms with Crippen molar-refractivity contribution in [3.05, 3.63) is 36.2 Å². The van der Waals surface area contributed by atoms with Gasteiger partial charge in [-0.1, -0.05) is 0 Å². The molecule has 2 heterocycles. The SMILES string of the molecule is Cn1cnc(C(N)c2cnn(C)c2)c1. The van der Waals surface area contributed by atoms with E-state index >= 15 is 0 Å². The average molecular weight is 191 g/mol. The Bertz CT molecular complexity index is 388. The summed E-state index contributed by atoms with van der Waals surface area (Å²) in [4.78, 5) is 4.20. The monoisotopic (exact) mass is 191 g/mol. The number of hydrogen-bond acceptors (Lipinski definition) is 3. The van der Waals surface area contributed by atoms with Crippen molar-refractivity contribution in [1.29, 1.82) is 0 Å². The maximum Gasteiger partial charge on any atom is 0.0947 e. The zero-order valence-electron chi connectivity index (χ0n) is 8.25. The Morgan fingerprint density at radius 1 is 1.36 bits per heavy atom. The van der Waals surface area contributed by atoms with E-state index in [2.05, 4.69) is 10.1 Å². The largest absolute Gasteiger partial charge is 0.340 e. The molecule has 0 fully saturated rings. The Balaban J connectivity index is 2.28. The highest BCUT2D eigenvalue weighted by Crippen LogP contribution is 2.16. The van der Waals surface area contributed by atoms with E-state index < -0.39 is 0 Å². The molecule has 1 atom stereocenters. The van der Waals surface area contributed by atoms with Gasteiger partial charge in [-0.25, -0.2) is 4.98 Å². The molecule has 74 valence electrons. The summed E-state index contributed by atoms with van der Waals surface area (Å²) in [6, 6.07) is -0.190. The maximum absolute atomic E-state index is 6.01. The Hall–Kier alpha value is -1.62. The summed E-state index contributed by atoms with van der Waals surface area (Å²) in [5, 5.41) is 4.07. The molecule has 2 aromatic heterocycles. The van der Waals surface area contributed by atoms with Crippen LogP contribution in [0.15, 0.2) is 24.9 Å². The molecule has 0 radical (unpaired) electrons. The second-order valence-electron chi connectivity index (χ2n) is 3.39. The Kier molecular flexibility index (Phi) is 2.09. The minimum Gasteiger partial charge on any atom is -0.340 e. The van der Waals surface area contributed by atoms with Crippen molar-refractivity contribution >= 4 is 0 Å². The van der Waals surface area contributed by atoms with Gasteiger partial charge in [-0.15, -0.1) is 0 Å². The molecule has 14 heavy (non-hydrogen) atoms. The molecule has 5 heteroatoms. The molecule has 0 saturated carbocycles. The van der Waals surface area contributed by atoms with Crippen LogP contribution >= 0.6 is 0 Å². The van der Waals surface area contributed by atoms with Crippen LogP contribution in [0.4, 0.5) is 0 Å². The van der Waals surface area contributed by atoms with Gasteiger partial charge in [-0.05, 0) is 0 Å². The third-order valence-electron chi connectivity index (χ3n) is 2.13. The van der Waals surface area contributed by atoms with Crippen LogP contribution in [0.3, 0.4) is 0 Å². The molecule has 0 spiro atoms. The highest BCUT2D eigenvalue weighted by molar-refractivity contribution is 5.21. The van der Waals surface area contributed by atoms with Gasteiger partial charge < -0.3 is 10.3 Å². The zero-order chi connectivity index (χ0) is 10.1. The first-order valence-electron chi connectivity index (χ1n) is 4.39. The van der Waals surface area contributed by atoms with Crippen molar-refractivity contribution in [2.45, 2.75) is 6.04 Å². The van der Waals surface area contributed by atoms with Gasteiger partial charge in [0, 0.05) is 32.1 Å². The summed E-state index contributed by atoms with van der Waals surface area (Å²) in [5.74, 6) is 0. The minimum absolute atomic E-state index is 0.190. The smallest absolute Gasteiger partial charge is 0.0947 e. The minimum atomic E-state index is -0.190. The highest BCUT2D eigenvalue weighted by Gasteiger charge is 2.12. The van der Waals surface area contributed by atoms with Crippen LogP contribution < -0.4 is 5.73 Å². The van der Waals surface area contributed by atoms with Gasteiger partial charge in [0.1, 0.15) is 0 Å². The van der Waals surface area contributed by atoms with Gasteiger partial charge in [0.15, 0.2) is 0 Å². The molecule has 0 bridgehead atoms. The maximum atomic E-state index is 6.01. The first-order valence-corrected chi connectivity index (χ1v) is 4.39. The second-order valence-corrected chi connectivity index (χ2v) is 3.39. The molecule has 0 saturated heterocycles. The highest BCUT2D eigenvalue weighted by atomic mass is 15.2. The van der Waals surface area contributed by atoms with Crippen LogP contribution in [0.5, 0.6) is 0 Å². The molecule has 0 amide bonds. The molecule has 0 aliphatic carbocycles. The van der Waals surface area contributed by atoms with E-state index in [0.29, 0.717) is 0 Å². The fraction of sp³-hybridized carbons (Fsp3) is 0.333. The van der Waals surface area contributed by atoms with Crippen LogP contribution in [0.1, 0.15) is 17.3 Å². The summed E-state index contributed by atoms with van der Waals surface area (Å²) in [6.07, 6.45) is 7.32. The third-order valence-corrected chi connectivity index (χ3v) is 2.13. The number of rotatable bonds is 2. The van der Waals surface area contributed by atoms with Gasteiger partial charge in [0.25, 0.3) is 0 Å². The molecule has 0 aliphatic rings. The van der Waals surface area contributed by atoms with Gasteiger partial charge in [0.05, 0.1) is 24.3 Å². The fourth-order valence-corrected chi connectivity index (χ4v) is 1.37. The van der Waals surface area contributed by atoms with Gasteiger partial charge in [-0.3, -0.25) is 4.68 Å². The topological polar surface area (TPSA) is 61.7 Å². The predicted molar refractivity (Wildman–Crippen MR) is 52.4 cm³/mol. The van der Waals surface area contributed by atoms with E-state index in [4.69, 9.17) is 5.73 Å². The van der Waals surface area contributed by atoms with E-state index in [1.807, 2.05) is 31.1 Å². The molecule has 0 aromatic carbocycles. The number of imidazole rings is 1. The molecular formula is C9H13N5. The standard InChI is InChI=1S/C9H13N5/c1-13-5-8(11-6-13)9(10)7-3-12-14(2)4-7/h3-6,9H,10H2,1-2H3.